The summed E-state index contributed by atoms with van der Waals surface area (Å²) in [6.07, 6.45) is 1.88. The Morgan fingerprint density at radius 3 is 2.65 bits per heavy atom. The zero-order valence-corrected chi connectivity index (χ0v) is 12.7. The van der Waals surface area contributed by atoms with Crippen LogP contribution in [0, 0.1) is 6.92 Å². The van der Waals surface area contributed by atoms with E-state index in [9.17, 15) is 0 Å². The summed E-state index contributed by atoms with van der Waals surface area (Å²) in [7, 11) is 0. The monoisotopic (exact) mass is 289 g/mol. The van der Waals surface area contributed by atoms with Crippen LogP contribution in [0.3, 0.4) is 0 Å². The number of hydrogen-bond acceptors (Lipinski definition) is 2. The zero-order valence-electron chi connectivity index (χ0n) is 11.9. The van der Waals surface area contributed by atoms with Gasteiger partial charge in [-0.3, -0.25) is 0 Å². The molecular weight excluding hydrogens is 270 g/mol. The number of nitrogens with two attached hydrogens (primary N) is 1. The lowest BCUT2D eigenvalue weighted by Gasteiger charge is -2.13. The van der Waals surface area contributed by atoms with E-state index in [0.29, 0.717) is 5.02 Å². The molecule has 2 rings (SSSR count). The van der Waals surface area contributed by atoms with Gasteiger partial charge in [0.25, 0.3) is 0 Å². The number of benzene rings is 2. The average molecular weight is 290 g/mol. The Hall–Kier alpha value is -1.51. The molecule has 0 heterocycles. The smallest absolute Gasteiger partial charge is 0.130 e. The quantitative estimate of drug-likeness (QED) is 0.864. The molecule has 106 valence electrons. The second kappa shape index (κ2) is 6.78. The Morgan fingerprint density at radius 2 is 2.00 bits per heavy atom. The summed E-state index contributed by atoms with van der Waals surface area (Å²) in [6, 6.07) is 13.8. The third-order valence-electron chi connectivity index (χ3n) is 3.29. The van der Waals surface area contributed by atoms with Crippen LogP contribution in [0.5, 0.6) is 11.5 Å². The van der Waals surface area contributed by atoms with Gasteiger partial charge in [-0.25, -0.2) is 0 Å². The van der Waals surface area contributed by atoms with E-state index in [1.165, 1.54) is 5.56 Å². The molecule has 20 heavy (non-hydrogen) atoms. The molecule has 0 fully saturated rings. The van der Waals surface area contributed by atoms with Crippen molar-refractivity contribution >= 4 is 11.6 Å². The molecule has 0 amide bonds. The van der Waals surface area contributed by atoms with Crippen LogP contribution in [0.25, 0.3) is 0 Å². The van der Waals surface area contributed by atoms with Crippen molar-refractivity contribution in [1.82, 2.24) is 0 Å². The molecule has 0 aliphatic carbocycles. The summed E-state index contributed by atoms with van der Waals surface area (Å²) in [4.78, 5) is 0. The Morgan fingerprint density at radius 1 is 1.20 bits per heavy atom. The first kappa shape index (κ1) is 14.9. The van der Waals surface area contributed by atoms with Gasteiger partial charge < -0.3 is 10.5 Å². The molecular formula is C17H20ClNO. The fourth-order valence-corrected chi connectivity index (χ4v) is 2.24. The summed E-state index contributed by atoms with van der Waals surface area (Å²) < 4.78 is 5.86. The maximum absolute atomic E-state index is 5.99. The van der Waals surface area contributed by atoms with Gasteiger partial charge in [0, 0.05) is 11.1 Å². The van der Waals surface area contributed by atoms with E-state index in [2.05, 4.69) is 19.1 Å². The van der Waals surface area contributed by atoms with Crippen molar-refractivity contribution in [2.24, 2.45) is 5.73 Å². The number of halogens is 1. The van der Waals surface area contributed by atoms with E-state index in [1.807, 2.05) is 37.3 Å². The van der Waals surface area contributed by atoms with Gasteiger partial charge in [0.1, 0.15) is 11.5 Å². The van der Waals surface area contributed by atoms with Crippen LogP contribution >= 0.6 is 11.6 Å². The van der Waals surface area contributed by atoms with Gasteiger partial charge in [0.05, 0.1) is 0 Å². The van der Waals surface area contributed by atoms with Crippen LogP contribution in [0.2, 0.25) is 5.02 Å². The summed E-state index contributed by atoms with van der Waals surface area (Å²) in [5.41, 5.74) is 8.34. The first-order chi connectivity index (χ1) is 9.58. The third-order valence-corrected chi connectivity index (χ3v) is 3.52. The van der Waals surface area contributed by atoms with Crippen molar-refractivity contribution < 1.29 is 4.74 Å². The lowest BCUT2D eigenvalue weighted by Crippen LogP contribution is -2.21. The highest BCUT2D eigenvalue weighted by Crippen LogP contribution is 2.27. The molecule has 1 atom stereocenters. The maximum Gasteiger partial charge on any atom is 0.130 e. The number of hydrogen-bond donors (Lipinski definition) is 1. The number of aryl methyl sites for hydroxylation is 1. The standard InChI is InChI=1S/C17H20ClNO/c1-3-15(19)10-13-7-8-17(12(2)9-13)20-16-6-4-5-14(18)11-16/h4-9,11,15H,3,10,19H2,1-2H3. The van der Waals surface area contributed by atoms with Gasteiger partial charge in [-0.1, -0.05) is 36.7 Å². The molecule has 0 bridgehead atoms. The molecule has 2 nitrogen and oxygen atoms in total. The van der Waals surface area contributed by atoms with Crippen LogP contribution in [0.4, 0.5) is 0 Å². The van der Waals surface area contributed by atoms with Crippen LogP contribution in [-0.2, 0) is 6.42 Å². The van der Waals surface area contributed by atoms with Gasteiger partial charge in [0.2, 0.25) is 0 Å². The molecule has 2 aromatic rings. The van der Waals surface area contributed by atoms with E-state index in [-0.39, 0.29) is 6.04 Å². The van der Waals surface area contributed by atoms with Crippen LogP contribution in [0.15, 0.2) is 42.5 Å². The molecule has 0 aliphatic heterocycles. The largest absolute Gasteiger partial charge is 0.457 e. The lowest BCUT2D eigenvalue weighted by atomic mass is 10.0. The molecule has 2 N–H and O–H groups in total. The molecule has 1 unspecified atom stereocenters. The molecule has 0 saturated carbocycles. The van der Waals surface area contributed by atoms with Crippen molar-refractivity contribution in [2.45, 2.75) is 32.7 Å². The van der Waals surface area contributed by atoms with Crippen molar-refractivity contribution in [2.75, 3.05) is 0 Å². The number of ether oxygens (including phenoxy) is 1. The Labute approximate surface area is 125 Å². The first-order valence-corrected chi connectivity index (χ1v) is 7.25. The molecule has 0 aromatic heterocycles. The van der Waals surface area contributed by atoms with Crippen molar-refractivity contribution in [3.05, 3.63) is 58.6 Å². The lowest BCUT2D eigenvalue weighted by molar-refractivity contribution is 0.478. The van der Waals surface area contributed by atoms with Crippen LogP contribution in [0.1, 0.15) is 24.5 Å². The zero-order chi connectivity index (χ0) is 14.5. The van der Waals surface area contributed by atoms with Crippen molar-refractivity contribution in [3.63, 3.8) is 0 Å². The fourth-order valence-electron chi connectivity index (χ4n) is 2.06. The summed E-state index contributed by atoms with van der Waals surface area (Å²) >= 11 is 5.96. The summed E-state index contributed by atoms with van der Waals surface area (Å²) in [5.74, 6) is 1.60. The minimum absolute atomic E-state index is 0.217. The fraction of sp³-hybridized carbons (Fsp3) is 0.294. The van der Waals surface area contributed by atoms with Gasteiger partial charge in [-0.05, 0) is 55.2 Å². The predicted molar refractivity (Wildman–Crippen MR) is 84.7 cm³/mol. The van der Waals surface area contributed by atoms with Gasteiger partial charge in [0.15, 0.2) is 0 Å². The SMILES string of the molecule is CCC(N)Cc1ccc(Oc2cccc(Cl)c2)c(C)c1. The summed E-state index contributed by atoms with van der Waals surface area (Å²) in [6.45, 7) is 4.15. The Balaban J connectivity index is 2.13. The Bertz CT molecular complexity index is 583. The van der Waals surface area contributed by atoms with Gasteiger partial charge >= 0.3 is 0 Å². The second-order valence-corrected chi connectivity index (χ2v) is 5.47. The van der Waals surface area contributed by atoms with Crippen LogP contribution < -0.4 is 10.5 Å². The highest BCUT2D eigenvalue weighted by atomic mass is 35.5. The van der Waals surface area contributed by atoms with E-state index in [4.69, 9.17) is 22.1 Å². The summed E-state index contributed by atoms with van der Waals surface area (Å²) in [5, 5.41) is 0.672. The molecule has 0 radical (unpaired) electrons. The highest BCUT2D eigenvalue weighted by molar-refractivity contribution is 6.30. The Kier molecular flexibility index (Phi) is 5.05. The molecule has 2 aromatic carbocycles. The van der Waals surface area contributed by atoms with Crippen molar-refractivity contribution in [3.8, 4) is 11.5 Å². The molecule has 3 heteroatoms. The van der Waals surface area contributed by atoms with Crippen LogP contribution in [-0.4, -0.2) is 6.04 Å². The van der Waals surface area contributed by atoms with Gasteiger partial charge in [-0.2, -0.15) is 0 Å². The molecule has 0 saturated heterocycles. The maximum atomic E-state index is 5.99. The first-order valence-electron chi connectivity index (χ1n) is 6.87. The normalized spacial score (nSPS) is 12.2. The number of rotatable bonds is 5. The van der Waals surface area contributed by atoms with Gasteiger partial charge in [-0.15, -0.1) is 0 Å². The third kappa shape index (κ3) is 3.99. The molecule has 0 aliphatic rings. The van der Waals surface area contributed by atoms with E-state index in [1.54, 1.807) is 0 Å². The van der Waals surface area contributed by atoms with Crippen molar-refractivity contribution in [1.29, 1.82) is 0 Å². The van der Waals surface area contributed by atoms with E-state index >= 15 is 0 Å². The van der Waals surface area contributed by atoms with E-state index in [0.717, 1.165) is 29.9 Å². The predicted octanol–water partition coefficient (Wildman–Crippen LogP) is 4.72. The second-order valence-electron chi connectivity index (χ2n) is 5.03. The average Bonchev–Trinajstić information content (AvgIpc) is 2.42. The van der Waals surface area contributed by atoms with E-state index < -0.39 is 0 Å². The highest BCUT2D eigenvalue weighted by Gasteiger charge is 2.06. The minimum atomic E-state index is 0.217. The minimum Gasteiger partial charge on any atom is -0.457 e. The topological polar surface area (TPSA) is 35.2 Å². The molecule has 0 spiro atoms.